The third-order valence-electron chi connectivity index (χ3n) is 1.44. The molecule has 0 heterocycles. The van der Waals surface area contributed by atoms with Crippen molar-refractivity contribution in [3.63, 3.8) is 0 Å². The molecule has 0 aliphatic rings. The molecule has 0 saturated heterocycles. The molecule has 6 heteroatoms. The van der Waals surface area contributed by atoms with Gasteiger partial charge >= 0.3 is 6.18 Å². The SMILES string of the molecule is CCOCC(C)OCC(Br)C(F)(F)F. The van der Waals surface area contributed by atoms with Gasteiger partial charge in [0.1, 0.15) is 4.83 Å². The highest BCUT2D eigenvalue weighted by molar-refractivity contribution is 9.09. The molecule has 0 radical (unpaired) electrons. The van der Waals surface area contributed by atoms with E-state index in [0.29, 0.717) is 13.2 Å². The van der Waals surface area contributed by atoms with Gasteiger partial charge in [-0.2, -0.15) is 13.2 Å². The predicted molar refractivity (Wildman–Crippen MR) is 50.7 cm³/mol. The van der Waals surface area contributed by atoms with Gasteiger partial charge in [0.25, 0.3) is 0 Å². The minimum atomic E-state index is -4.26. The van der Waals surface area contributed by atoms with Gasteiger partial charge in [-0.1, -0.05) is 15.9 Å². The maximum Gasteiger partial charge on any atom is 0.403 e. The molecule has 0 aliphatic carbocycles. The van der Waals surface area contributed by atoms with E-state index in [9.17, 15) is 13.2 Å². The summed E-state index contributed by atoms with van der Waals surface area (Å²) >= 11 is 2.50. The summed E-state index contributed by atoms with van der Waals surface area (Å²) < 4.78 is 45.9. The molecule has 14 heavy (non-hydrogen) atoms. The van der Waals surface area contributed by atoms with Crippen molar-refractivity contribution < 1.29 is 22.6 Å². The Morgan fingerprint density at radius 1 is 1.29 bits per heavy atom. The highest BCUT2D eigenvalue weighted by Crippen LogP contribution is 2.26. The third kappa shape index (κ3) is 6.62. The van der Waals surface area contributed by atoms with Crippen molar-refractivity contribution in [2.45, 2.75) is 31.0 Å². The highest BCUT2D eigenvalue weighted by Gasteiger charge is 2.37. The molecule has 0 amide bonds. The minimum absolute atomic E-state index is 0.314. The summed E-state index contributed by atoms with van der Waals surface area (Å²) in [5.41, 5.74) is 0. The van der Waals surface area contributed by atoms with Gasteiger partial charge in [0.2, 0.25) is 0 Å². The topological polar surface area (TPSA) is 18.5 Å². The van der Waals surface area contributed by atoms with Crippen LogP contribution in [0, 0.1) is 0 Å². The number of ether oxygens (including phenoxy) is 2. The molecule has 0 fully saturated rings. The van der Waals surface area contributed by atoms with Crippen LogP contribution in [0.3, 0.4) is 0 Å². The lowest BCUT2D eigenvalue weighted by molar-refractivity contribution is -0.142. The van der Waals surface area contributed by atoms with Crippen LogP contribution in [-0.4, -0.2) is 36.9 Å². The summed E-state index contributed by atoms with van der Waals surface area (Å²) in [5, 5.41) is 0. The quantitative estimate of drug-likeness (QED) is 0.696. The highest BCUT2D eigenvalue weighted by atomic mass is 79.9. The van der Waals surface area contributed by atoms with Gasteiger partial charge in [0, 0.05) is 6.61 Å². The number of hydrogen-bond acceptors (Lipinski definition) is 2. The van der Waals surface area contributed by atoms with E-state index in [2.05, 4.69) is 15.9 Å². The van der Waals surface area contributed by atoms with Crippen LogP contribution in [-0.2, 0) is 9.47 Å². The second-order valence-corrected chi connectivity index (χ2v) is 3.92. The average molecular weight is 279 g/mol. The molecular formula is C8H14BrF3O2. The van der Waals surface area contributed by atoms with Gasteiger partial charge in [-0.15, -0.1) is 0 Å². The monoisotopic (exact) mass is 278 g/mol. The molecule has 2 nitrogen and oxygen atoms in total. The normalized spacial score (nSPS) is 16.7. The van der Waals surface area contributed by atoms with Gasteiger partial charge in [-0.25, -0.2) is 0 Å². The number of hydrogen-bond donors (Lipinski definition) is 0. The molecule has 0 spiro atoms. The molecule has 0 rings (SSSR count). The van der Waals surface area contributed by atoms with Crippen molar-refractivity contribution in [2.75, 3.05) is 19.8 Å². The summed E-state index contributed by atoms with van der Waals surface area (Å²) in [5.74, 6) is 0. The first-order chi connectivity index (χ1) is 6.38. The van der Waals surface area contributed by atoms with Crippen molar-refractivity contribution in [3.05, 3.63) is 0 Å². The number of rotatable bonds is 6. The summed E-state index contributed by atoms with van der Waals surface area (Å²) in [6.07, 6.45) is -4.58. The van der Waals surface area contributed by atoms with E-state index in [1.165, 1.54) is 0 Å². The second-order valence-electron chi connectivity index (χ2n) is 2.81. The van der Waals surface area contributed by atoms with Crippen molar-refractivity contribution in [3.8, 4) is 0 Å². The van der Waals surface area contributed by atoms with Crippen LogP contribution >= 0.6 is 15.9 Å². The lowest BCUT2D eigenvalue weighted by Gasteiger charge is -2.17. The standard InChI is InChI=1S/C8H14BrF3O2/c1-3-13-4-6(2)14-5-7(9)8(10,11)12/h6-7H,3-5H2,1-2H3. The Morgan fingerprint density at radius 2 is 1.86 bits per heavy atom. The Balaban J connectivity index is 3.61. The fourth-order valence-electron chi connectivity index (χ4n) is 0.675. The molecule has 2 unspecified atom stereocenters. The first-order valence-electron chi connectivity index (χ1n) is 4.28. The second kappa shape index (κ2) is 6.63. The number of halogens is 4. The van der Waals surface area contributed by atoms with Crippen molar-refractivity contribution >= 4 is 15.9 Å². The molecule has 0 saturated carbocycles. The summed E-state index contributed by atoms with van der Waals surface area (Å²) in [4.78, 5) is -1.61. The molecule has 0 aromatic carbocycles. The van der Waals surface area contributed by atoms with Gasteiger partial charge in [-0.05, 0) is 13.8 Å². The van der Waals surface area contributed by atoms with E-state index >= 15 is 0 Å². The van der Waals surface area contributed by atoms with E-state index in [-0.39, 0.29) is 6.10 Å². The van der Waals surface area contributed by atoms with Gasteiger partial charge < -0.3 is 9.47 Å². The van der Waals surface area contributed by atoms with E-state index in [0.717, 1.165) is 0 Å². The molecule has 0 aromatic heterocycles. The van der Waals surface area contributed by atoms with E-state index < -0.39 is 17.6 Å². The molecule has 86 valence electrons. The molecule has 0 N–H and O–H groups in total. The van der Waals surface area contributed by atoms with Crippen LogP contribution in [0.15, 0.2) is 0 Å². The minimum Gasteiger partial charge on any atom is -0.379 e. The van der Waals surface area contributed by atoms with E-state index in [1.54, 1.807) is 6.92 Å². The molecule has 0 aliphatic heterocycles. The Labute approximate surface area is 89.9 Å². The molecule has 0 aromatic rings. The summed E-state index contributed by atoms with van der Waals surface area (Å²) in [7, 11) is 0. The van der Waals surface area contributed by atoms with Crippen LogP contribution in [0.25, 0.3) is 0 Å². The van der Waals surface area contributed by atoms with Crippen molar-refractivity contribution in [1.29, 1.82) is 0 Å². The zero-order valence-corrected chi connectivity index (χ0v) is 9.69. The first kappa shape index (κ1) is 14.2. The lowest BCUT2D eigenvalue weighted by Crippen LogP contribution is -2.30. The van der Waals surface area contributed by atoms with E-state index in [1.807, 2.05) is 6.92 Å². The largest absolute Gasteiger partial charge is 0.403 e. The fraction of sp³-hybridized carbons (Fsp3) is 1.00. The predicted octanol–water partition coefficient (Wildman–Crippen LogP) is 2.75. The Hall–Kier alpha value is 0.190. The maximum absolute atomic E-state index is 12.0. The van der Waals surface area contributed by atoms with E-state index in [4.69, 9.17) is 9.47 Å². The van der Waals surface area contributed by atoms with Gasteiger partial charge in [0.05, 0.1) is 19.3 Å². The lowest BCUT2D eigenvalue weighted by atomic mass is 10.4. The molecule has 2 atom stereocenters. The average Bonchev–Trinajstić information content (AvgIpc) is 2.09. The Bertz CT molecular complexity index is 152. The summed E-state index contributed by atoms with van der Waals surface area (Å²) in [6.45, 7) is 3.94. The smallest absolute Gasteiger partial charge is 0.379 e. The van der Waals surface area contributed by atoms with Crippen LogP contribution in [0.1, 0.15) is 13.8 Å². The zero-order chi connectivity index (χ0) is 11.2. The van der Waals surface area contributed by atoms with Crippen molar-refractivity contribution in [1.82, 2.24) is 0 Å². The van der Waals surface area contributed by atoms with Gasteiger partial charge in [0.15, 0.2) is 0 Å². The maximum atomic E-state index is 12.0. The Kier molecular flexibility index (Phi) is 6.72. The van der Waals surface area contributed by atoms with Crippen LogP contribution in [0.2, 0.25) is 0 Å². The van der Waals surface area contributed by atoms with Crippen LogP contribution < -0.4 is 0 Å². The third-order valence-corrected chi connectivity index (χ3v) is 2.22. The number of alkyl halides is 4. The Morgan fingerprint density at radius 3 is 2.29 bits per heavy atom. The van der Waals surface area contributed by atoms with Crippen LogP contribution in [0.4, 0.5) is 13.2 Å². The fourth-order valence-corrected chi connectivity index (χ4v) is 0.828. The molecular weight excluding hydrogens is 265 g/mol. The summed E-state index contributed by atoms with van der Waals surface area (Å²) in [6, 6.07) is 0. The zero-order valence-electron chi connectivity index (χ0n) is 8.10. The first-order valence-corrected chi connectivity index (χ1v) is 5.19. The van der Waals surface area contributed by atoms with Crippen molar-refractivity contribution in [2.24, 2.45) is 0 Å². The molecule has 0 bridgehead atoms. The van der Waals surface area contributed by atoms with Gasteiger partial charge in [-0.3, -0.25) is 0 Å². The van der Waals surface area contributed by atoms with Crippen LogP contribution in [0.5, 0.6) is 0 Å².